The number of hydrogen-bond acceptors (Lipinski definition) is 2. The Hall–Kier alpha value is -1.81. The number of hydrogen-bond donors (Lipinski definition) is 0. The molecule has 1 aliphatic rings. The molecule has 1 aliphatic heterocycles. The lowest BCUT2D eigenvalue weighted by molar-refractivity contribution is -0.117. The van der Waals surface area contributed by atoms with Gasteiger partial charge in [-0.05, 0) is 37.1 Å². The van der Waals surface area contributed by atoms with E-state index >= 15 is 0 Å². The third kappa shape index (κ3) is 2.31. The van der Waals surface area contributed by atoms with Gasteiger partial charge in [-0.2, -0.15) is 0 Å². The second-order valence-electron chi connectivity index (χ2n) is 5.09. The standard InChI is InChI=1S/C15H16ClN3O/c1-11-17-6-7-18(11)13-2-4-14(5-3-13)19-10-12(9-16)8-15(19)20/h2-7,12H,8-10H2,1H3. The van der Waals surface area contributed by atoms with E-state index in [1.165, 1.54) is 0 Å². The summed E-state index contributed by atoms with van der Waals surface area (Å²) in [6.45, 7) is 2.68. The van der Waals surface area contributed by atoms with Gasteiger partial charge in [-0.1, -0.05) is 0 Å². The smallest absolute Gasteiger partial charge is 0.227 e. The second kappa shape index (κ2) is 5.29. The Bertz CT molecular complexity index is 620. The van der Waals surface area contributed by atoms with Gasteiger partial charge < -0.3 is 9.47 Å². The minimum atomic E-state index is 0.155. The van der Waals surface area contributed by atoms with Crippen molar-refractivity contribution in [1.29, 1.82) is 0 Å². The van der Waals surface area contributed by atoms with E-state index in [2.05, 4.69) is 4.98 Å². The molecule has 4 nitrogen and oxygen atoms in total. The molecule has 0 spiro atoms. The van der Waals surface area contributed by atoms with Crippen LogP contribution in [0.4, 0.5) is 5.69 Å². The van der Waals surface area contributed by atoms with Crippen LogP contribution in [0.2, 0.25) is 0 Å². The van der Waals surface area contributed by atoms with Gasteiger partial charge in [0.05, 0.1) is 0 Å². The number of carbonyl (C=O) groups is 1. The Kier molecular flexibility index (Phi) is 3.49. The average Bonchev–Trinajstić information content (AvgIpc) is 3.05. The number of aromatic nitrogens is 2. The highest BCUT2D eigenvalue weighted by atomic mass is 35.5. The molecule has 1 saturated heterocycles. The van der Waals surface area contributed by atoms with Gasteiger partial charge in [0, 0.05) is 42.6 Å². The molecule has 0 saturated carbocycles. The molecule has 1 atom stereocenters. The van der Waals surface area contributed by atoms with Crippen LogP contribution in [0.1, 0.15) is 12.2 Å². The summed E-state index contributed by atoms with van der Waals surface area (Å²) in [6, 6.07) is 7.96. The second-order valence-corrected chi connectivity index (χ2v) is 5.40. The van der Waals surface area contributed by atoms with E-state index in [9.17, 15) is 4.79 Å². The van der Waals surface area contributed by atoms with Crippen molar-refractivity contribution in [1.82, 2.24) is 9.55 Å². The molecule has 2 heterocycles. The lowest BCUT2D eigenvalue weighted by Crippen LogP contribution is -2.24. The van der Waals surface area contributed by atoms with Crippen LogP contribution in [0.3, 0.4) is 0 Å². The van der Waals surface area contributed by atoms with Crippen LogP contribution in [-0.2, 0) is 4.79 Å². The van der Waals surface area contributed by atoms with Gasteiger partial charge in [0.25, 0.3) is 0 Å². The zero-order chi connectivity index (χ0) is 14.1. The summed E-state index contributed by atoms with van der Waals surface area (Å²) in [5.41, 5.74) is 1.98. The number of nitrogens with zero attached hydrogens (tertiary/aromatic N) is 3. The number of carbonyl (C=O) groups excluding carboxylic acids is 1. The maximum atomic E-state index is 12.0. The number of alkyl halides is 1. The van der Waals surface area contributed by atoms with Gasteiger partial charge in [-0.25, -0.2) is 4.98 Å². The number of aryl methyl sites for hydroxylation is 1. The number of amides is 1. The predicted molar refractivity (Wildman–Crippen MR) is 79.5 cm³/mol. The summed E-state index contributed by atoms with van der Waals surface area (Å²) in [4.78, 5) is 18.0. The van der Waals surface area contributed by atoms with E-state index < -0.39 is 0 Å². The fraction of sp³-hybridized carbons (Fsp3) is 0.333. The molecule has 0 N–H and O–H groups in total. The first-order valence-electron chi connectivity index (χ1n) is 6.66. The van der Waals surface area contributed by atoms with Crippen LogP contribution in [0.5, 0.6) is 0 Å². The van der Waals surface area contributed by atoms with Crippen molar-refractivity contribution in [2.75, 3.05) is 17.3 Å². The predicted octanol–water partition coefficient (Wildman–Crippen LogP) is 2.77. The van der Waals surface area contributed by atoms with Gasteiger partial charge in [-0.3, -0.25) is 4.79 Å². The van der Waals surface area contributed by atoms with E-state index in [4.69, 9.17) is 11.6 Å². The molecule has 104 valence electrons. The minimum absolute atomic E-state index is 0.155. The number of benzene rings is 1. The Morgan fingerprint density at radius 3 is 2.55 bits per heavy atom. The first-order chi connectivity index (χ1) is 9.69. The SMILES string of the molecule is Cc1nccn1-c1ccc(N2CC(CCl)CC2=O)cc1. The Morgan fingerprint density at radius 1 is 1.30 bits per heavy atom. The lowest BCUT2D eigenvalue weighted by atomic mass is 10.1. The number of imidazole rings is 1. The zero-order valence-electron chi connectivity index (χ0n) is 11.3. The van der Waals surface area contributed by atoms with E-state index in [-0.39, 0.29) is 11.8 Å². The maximum Gasteiger partial charge on any atom is 0.227 e. The van der Waals surface area contributed by atoms with Crippen molar-refractivity contribution in [3.63, 3.8) is 0 Å². The van der Waals surface area contributed by atoms with Crippen molar-refractivity contribution in [3.8, 4) is 5.69 Å². The Balaban J connectivity index is 1.84. The number of anilines is 1. The number of rotatable bonds is 3. The normalized spacial score (nSPS) is 18.8. The highest BCUT2D eigenvalue weighted by molar-refractivity contribution is 6.18. The summed E-state index contributed by atoms with van der Waals surface area (Å²) in [6.07, 6.45) is 4.25. The van der Waals surface area contributed by atoms with Crippen LogP contribution >= 0.6 is 11.6 Å². The van der Waals surface area contributed by atoms with E-state index in [0.717, 1.165) is 17.2 Å². The van der Waals surface area contributed by atoms with Crippen molar-refractivity contribution in [2.24, 2.45) is 5.92 Å². The first-order valence-corrected chi connectivity index (χ1v) is 7.19. The molecule has 1 amide bonds. The molecule has 1 aromatic heterocycles. The molecular weight excluding hydrogens is 274 g/mol. The summed E-state index contributed by atoms with van der Waals surface area (Å²) >= 11 is 5.85. The first kappa shape index (κ1) is 13.2. The van der Waals surface area contributed by atoms with Crippen molar-refractivity contribution in [2.45, 2.75) is 13.3 Å². The van der Waals surface area contributed by atoms with Gasteiger partial charge >= 0.3 is 0 Å². The molecule has 1 unspecified atom stereocenters. The summed E-state index contributed by atoms with van der Waals surface area (Å²) in [5.74, 6) is 1.90. The minimum Gasteiger partial charge on any atom is -0.312 e. The van der Waals surface area contributed by atoms with Crippen molar-refractivity contribution in [3.05, 3.63) is 42.5 Å². The van der Waals surface area contributed by atoms with Crippen LogP contribution in [-0.4, -0.2) is 27.9 Å². The molecular formula is C15H16ClN3O. The maximum absolute atomic E-state index is 12.0. The topological polar surface area (TPSA) is 38.1 Å². The van der Waals surface area contributed by atoms with Crippen LogP contribution in [0, 0.1) is 12.8 Å². The van der Waals surface area contributed by atoms with E-state index in [0.29, 0.717) is 18.8 Å². The van der Waals surface area contributed by atoms with E-state index in [1.54, 1.807) is 6.20 Å². The molecule has 3 rings (SSSR count). The molecule has 0 radical (unpaired) electrons. The fourth-order valence-electron chi connectivity index (χ4n) is 2.58. The highest BCUT2D eigenvalue weighted by Crippen LogP contribution is 2.26. The summed E-state index contributed by atoms with van der Waals surface area (Å²) in [7, 11) is 0. The molecule has 1 aromatic carbocycles. The molecule has 0 bridgehead atoms. The summed E-state index contributed by atoms with van der Waals surface area (Å²) in [5, 5.41) is 0. The third-order valence-electron chi connectivity index (χ3n) is 3.69. The van der Waals surface area contributed by atoms with Gasteiger partial charge in [0.15, 0.2) is 0 Å². The van der Waals surface area contributed by atoms with Gasteiger partial charge in [-0.15, -0.1) is 11.6 Å². The van der Waals surface area contributed by atoms with Crippen LogP contribution in [0.25, 0.3) is 5.69 Å². The molecule has 5 heteroatoms. The van der Waals surface area contributed by atoms with Crippen molar-refractivity contribution >= 4 is 23.2 Å². The molecule has 1 fully saturated rings. The van der Waals surface area contributed by atoms with Crippen LogP contribution in [0.15, 0.2) is 36.7 Å². The fourth-order valence-corrected chi connectivity index (χ4v) is 2.79. The molecule has 0 aliphatic carbocycles. The monoisotopic (exact) mass is 289 g/mol. The lowest BCUT2D eigenvalue weighted by Gasteiger charge is -2.17. The van der Waals surface area contributed by atoms with Crippen molar-refractivity contribution < 1.29 is 4.79 Å². The van der Waals surface area contributed by atoms with Gasteiger partial charge in [0.2, 0.25) is 5.91 Å². The van der Waals surface area contributed by atoms with Gasteiger partial charge in [0.1, 0.15) is 5.82 Å². The van der Waals surface area contributed by atoms with Crippen LogP contribution < -0.4 is 4.90 Å². The highest BCUT2D eigenvalue weighted by Gasteiger charge is 2.29. The molecule has 20 heavy (non-hydrogen) atoms. The third-order valence-corrected chi connectivity index (χ3v) is 4.13. The Morgan fingerprint density at radius 2 is 2.00 bits per heavy atom. The number of halogens is 1. The molecule has 2 aromatic rings. The summed E-state index contributed by atoms with van der Waals surface area (Å²) < 4.78 is 2.01. The quantitative estimate of drug-likeness (QED) is 0.815. The Labute approximate surface area is 123 Å². The largest absolute Gasteiger partial charge is 0.312 e. The average molecular weight is 290 g/mol. The zero-order valence-corrected chi connectivity index (χ0v) is 12.0. The van der Waals surface area contributed by atoms with E-state index in [1.807, 2.05) is 46.9 Å².